The highest BCUT2D eigenvalue weighted by Gasteiger charge is 2.17. The zero-order valence-electron chi connectivity index (χ0n) is 12.3. The molecule has 116 valence electrons. The second-order valence-corrected chi connectivity index (χ2v) is 5.52. The molecular formula is C18H15ClN2O2. The van der Waals surface area contributed by atoms with Crippen LogP contribution in [0.2, 0.25) is 5.02 Å². The van der Waals surface area contributed by atoms with Gasteiger partial charge in [-0.2, -0.15) is 0 Å². The molecule has 0 fully saturated rings. The van der Waals surface area contributed by atoms with E-state index in [1.807, 2.05) is 48.5 Å². The number of hydrogen-bond donors (Lipinski definition) is 1. The second-order valence-electron chi connectivity index (χ2n) is 5.11. The summed E-state index contributed by atoms with van der Waals surface area (Å²) >= 11 is 6.19. The number of rotatable bonds is 4. The average molecular weight is 327 g/mol. The molecule has 1 amide bonds. The molecule has 0 aliphatic heterocycles. The summed E-state index contributed by atoms with van der Waals surface area (Å²) in [6.07, 6.45) is 1.71. The summed E-state index contributed by atoms with van der Waals surface area (Å²) < 4.78 is 0. The van der Waals surface area contributed by atoms with Crippen LogP contribution >= 0.6 is 11.6 Å². The van der Waals surface area contributed by atoms with Crippen molar-refractivity contribution in [3.05, 3.63) is 71.4 Å². The lowest BCUT2D eigenvalue weighted by molar-refractivity contribution is -0.121. The standard InChI is InChI=1S/C18H15ClN2O2/c19-16-6-2-1-4-14(16)11-21(18(23)12-22)15-8-7-13-5-3-9-20-17(13)10-15/h1-10,22H,11-12H2. The highest BCUT2D eigenvalue weighted by Crippen LogP contribution is 2.24. The monoisotopic (exact) mass is 326 g/mol. The van der Waals surface area contributed by atoms with Crippen molar-refractivity contribution in [3.8, 4) is 0 Å². The van der Waals surface area contributed by atoms with Gasteiger partial charge in [0.15, 0.2) is 0 Å². The van der Waals surface area contributed by atoms with Gasteiger partial charge in [0.2, 0.25) is 0 Å². The smallest absolute Gasteiger partial charge is 0.252 e. The maximum atomic E-state index is 12.2. The van der Waals surface area contributed by atoms with Crippen LogP contribution < -0.4 is 4.90 Å². The molecule has 4 nitrogen and oxygen atoms in total. The van der Waals surface area contributed by atoms with Crippen LogP contribution in [-0.4, -0.2) is 22.6 Å². The van der Waals surface area contributed by atoms with Crippen LogP contribution in [0, 0.1) is 0 Å². The molecule has 0 atom stereocenters. The molecule has 0 saturated carbocycles. The number of aliphatic hydroxyl groups excluding tert-OH is 1. The van der Waals surface area contributed by atoms with Crippen molar-refractivity contribution in [1.29, 1.82) is 0 Å². The van der Waals surface area contributed by atoms with E-state index < -0.39 is 6.61 Å². The van der Waals surface area contributed by atoms with E-state index in [1.165, 1.54) is 4.90 Å². The Morgan fingerprint density at radius 1 is 1.13 bits per heavy atom. The van der Waals surface area contributed by atoms with Gasteiger partial charge in [-0.3, -0.25) is 9.78 Å². The Kier molecular flexibility index (Phi) is 4.55. The van der Waals surface area contributed by atoms with Gasteiger partial charge in [-0.05, 0) is 29.8 Å². The second kappa shape index (κ2) is 6.77. The van der Waals surface area contributed by atoms with Gasteiger partial charge in [0.25, 0.3) is 5.91 Å². The summed E-state index contributed by atoms with van der Waals surface area (Å²) in [4.78, 5) is 18.0. The number of aliphatic hydroxyl groups is 1. The van der Waals surface area contributed by atoms with Crippen LogP contribution in [-0.2, 0) is 11.3 Å². The molecule has 0 radical (unpaired) electrons. The van der Waals surface area contributed by atoms with Crippen molar-refractivity contribution in [3.63, 3.8) is 0 Å². The fourth-order valence-electron chi connectivity index (χ4n) is 2.43. The van der Waals surface area contributed by atoms with E-state index in [-0.39, 0.29) is 12.5 Å². The normalized spacial score (nSPS) is 10.7. The molecule has 1 aromatic heterocycles. The van der Waals surface area contributed by atoms with E-state index in [0.29, 0.717) is 10.7 Å². The summed E-state index contributed by atoms with van der Waals surface area (Å²) in [5.41, 5.74) is 2.28. The number of anilines is 1. The van der Waals surface area contributed by atoms with Gasteiger partial charge in [0.1, 0.15) is 6.61 Å². The van der Waals surface area contributed by atoms with Crippen molar-refractivity contribution in [2.75, 3.05) is 11.5 Å². The Bertz CT molecular complexity index is 851. The highest BCUT2D eigenvalue weighted by atomic mass is 35.5. The zero-order valence-corrected chi connectivity index (χ0v) is 13.1. The van der Waals surface area contributed by atoms with E-state index in [4.69, 9.17) is 11.6 Å². The van der Waals surface area contributed by atoms with Gasteiger partial charge in [-0.1, -0.05) is 41.9 Å². The van der Waals surface area contributed by atoms with Crippen molar-refractivity contribution >= 4 is 34.1 Å². The lowest BCUT2D eigenvalue weighted by Gasteiger charge is -2.23. The SMILES string of the molecule is O=C(CO)N(Cc1ccccc1Cl)c1ccc2cccnc2c1. The summed E-state index contributed by atoms with van der Waals surface area (Å²) in [5.74, 6) is -0.389. The van der Waals surface area contributed by atoms with E-state index >= 15 is 0 Å². The summed E-state index contributed by atoms with van der Waals surface area (Å²) in [7, 11) is 0. The summed E-state index contributed by atoms with van der Waals surface area (Å²) in [6.45, 7) is -0.276. The molecule has 0 spiro atoms. The highest BCUT2D eigenvalue weighted by molar-refractivity contribution is 6.31. The molecule has 0 aliphatic rings. The van der Waals surface area contributed by atoms with Crippen LogP contribution in [0.4, 0.5) is 5.69 Å². The largest absolute Gasteiger partial charge is 0.387 e. The quantitative estimate of drug-likeness (QED) is 0.799. The molecule has 5 heteroatoms. The molecular weight excluding hydrogens is 312 g/mol. The van der Waals surface area contributed by atoms with Crippen LogP contribution in [0.1, 0.15) is 5.56 Å². The Morgan fingerprint density at radius 2 is 1.96 bits per heavy atom. The minimum atomic E-state index is -0.565. The number of hydrogen-bond acceptors (Lipinski definition) is 3. The van der Waals surface area contributed by atoms with Gasteiger partial charge < -0.3 is 10.0 Å². The van der Waals surface area contributed by atoms with Crippen LogP contribution in [0.3, 0.4) is 0 Å². The molecule has 3 aromatic rings. The number of nitrogens with zero attached hydrogens (tertiary/aromatic N) is 2. The van der Waals surface area contributed by atoms with E-state index in [2.05, 4.69) is 4.98 Å². The third-order valence-electron chi connectivity index (χ3n) is 3.62. The molecule has 0 aliphatic carbocycles. The van der Waals surface area contributed by atoms with Gasteiger partial charge in [-0.25, -0.2) is 0 Å². The van der Waals surface area contributed by atoms with Crippen LogP contribution in [0.5, 0.6) is 0 Å². The van der Waals surface area contributed by atoms with Gasteiger partial charge in [0.05, 0.1) is 12.1 Å². The Labute approximate surface area is 139 Å². The summed E-state index contributed by atoms with van der Waals surface area (Å²) in [6, 6.07) is 16.7. The lowest BCUT2D eigenvalue weighted by Crippen LogP contribution is -2.32. The van der Waals surface area contributed by atoms with Crippen LogP contribution in [0.25, 0.3) is 10.9 Å². The van der Waals surface area contributed by atoms with E-state index in [0.717, 1.165) is 16.5 Å². The third kappa shape index (κ3) is 3.33. The van der Waals surface area contributed by atoms with Crippen molar-refractivity contribution in [1.82, 2.24) is 4.98 Å². The first-order valence-corrected chi connectivity index (χ1v) is 7.56. The molecule has 23 heavy (non-hydrogen) atoms. The predicted octanol–water partition coefficient (Wildman–Crippen LogP) is 3.41. The fraction of sp³-hybridized carbons (Fsp3) is 0.111. The number of benzene rings is 2. The first-order chi connectivity index (χ1) is 11.2. The number of halogens is 1. The number of carbonyl (C=O) groups excluding carboxylic acids is 1. The molecule has 0 unspecified atom stereocenters. The molecule has 0 saturated heterocycles. The zero-order chi connectivity index (χ0) is 16.2. The van der Waals surface area contributed by atoms with Crippen molar-refractivity contribution in [2.24, 2.45) is 0 Å². The van der Waals surface area contributed by atoms with Crippen molar-refractivity contribution in [2.45, 2.75) is 6.54 Å². The topological polar surface area (TPSA) is 53.4 Å². The Balaban J connectivity index is 2.00. The van der Waals surface area contributed by atoms with Gasteiger partial charge in [0, 0.05) is 22.3 Å². The van der Waals surface area contributed by atoms with Crippen LogP contribution in [0.15, 0.2) is 60.8 Å². The first-order valence-electron chi connectivity index (χ1n) is 7.18. The molecule has 1 heterocycles. The Hall–Kier alpha value is -2.43. The number of pyridine rings is 1. The first kappa shape index (κ1) is 15.5. The summed E-state index contributed by atoms with van der Waals surface area (Å²) in [5, 5.41) is 10.9. The molecule has 1 N–H and O–H groups in total. The number of amides is 1. The number of fused-ring (bicyclic) bond motifs is 1. The molecule has 0 bridgehead atoms. The van der Waals surface area contributed by atoms with Crippen molar-refractivity contribution < 1.29 is 9.90 Å². The maximum absolute atomic E-state index is 12.2. The Morgan fingerprint density at radius 3 is 2.74 bits per heavy atom. The lowest BCUT2D eigenvalue weighted by atomic mass is 10.1. The van der Waals surface area contributed by atoms with Gasteiger partial charge in [-0.15, -0.1) is 0 Å². The third-order valence-corrected chi connectivity index (χ3v) is 3.99. The number of carbonyl (C=O) groups is 1. The minimum Gasteiger partial charge on any atom is -0.387 e. The predicted molar refractivity (Wildman–Crippen MR) is 91.5 cm³/mol. The van der Waals surface area contributed by atoms with E-state index in [9.17, 15) is 9.90 Å². The molecule has 2 aromatic carbocycles. The van der Waals surface area contributed by atoms with Gasteiger partial charge >= 0.3 is 0 Å². The maximum Gasteiger partial charge on any atom is 0.252 e. The molecule has 3 rings (SSSR count). The minimum absolute atomic E-state index is 0.289. The average Bonchev–Trinajstić information content (AvgIpc) is 2.60. The van der Waals surface area contributed by atoms with E-state index in [1.54, 1.807) is 12.3 Å². The fourth-order valence-corrected chi connectivity index (χ4v) is 2.62. The number of aromatic nitrogens is 1.